The van der Waals surface area contributed by atoms with Crippen LogP contribution in [0.15, 0.2) is 47.7 Å². The number of allylic oxidation sites excluding steroid dienone is 2. The second kappa shape index (κ2) is 5.52. The van der Waals surface area contributed by atoms with E-state index in [1.54, 1.807) is 42.5 Å². The van der Waals surface area contributed by atoms with Gasteiger partial charge in [-0.3, -0.25) is 0 Å². The van der Waals surface area contributed by atoms with E-state index in [0.29, 0.717) is 5.69 Å². The number of benzene rings is 2. The molecule has 5 heteroatoms. The zero-order chi connectivity index (χ0) is 14.5. The van der Waals surface area contributed by atoms with Gasteiger partial charge in [0.25, 0.3) is 0 Å². The number of fused-ring (bicyclic) bond motifs is 1. The van der Waals surface area contributed by atoms with Gasteiger partial charge in [-0.1, -0.05) is 12.1 Å². The molecule has 0 heterocycles. The van der Waals surface area contributed by atoms with Crippen molar-refractivity contribution in [3.8, 4) is 18.2 Å². The van der Waals surface area contributed by atoms with E-state index in [1.165, 1.54) is 12.1 Å². The molecule has 0 spiro atoms. The minimum atomic E-state index is -0.327. The molecule has 0 unspecified atom stereocenters. The summed E-state index contributed by atoms with van der Waals surface area (Å²) in [5, 5.41) is 30.7. The highest BCUT2D eigenvalue weighted by atomic mass is 19.1. The van der Waals surface area contributed by atoms with Crippen molar-refractivity contribution in [2.75, 3.05) is 5.32 Å². The normalized spacial score (nSPS) is 9.10. The Kier molecular flexibility index (Phi) is 3.61. The van der Waals surface area contributed by atoms with Crippen LogP contribution in [0.2, 0.25) is 0 Å². The Morgan fingerprint density at radius 3 is 2.20 bits per heavy atom. The van der Waals surface area contributed by atoms with Gasteiger partial charge < -0.3 is 5.32 Å². The Labute approximate surface area is 114 Å². The molecule has 2 aromatic rings. The van der Waals surface area contributed by atoms with Crippen LogP contribution in [0.5, 0.6) is 0 Å². The quantitative estimate of drug-likeness (QED) is 0.842. The first-order valence-electron chi connectivity index (χ1n) is 5.59. The molecule has 0 radical (unpaired) electrons. The Morgan fingerprint density at radius 2 is 1.55 bits per heavy atom. The van der Waals surface area contributed by atoms with Crippen molar-refractivity contribution < 1.29 is 4.39 Å². The predicted octanol–water partition coefficient (Wildman–Crippen LogP) is 3.22. The summed E-state index contributed by atoms with van der Waals surface area (Å²) in [7, 11) is 0. The molecule has 0 amide bonds. The molecule has 0 fully saturated rings. The topological polar surface area (TPSA) is 83.4 Å². The van der Waals surface area contributed by atoms with E-state index in [1.807, 2.05) is 0 Å². The molecule has 94 valence electrons. The van der Waals surface area contributed by atoms with E-state index >= 15 is 0 Å². The van der Waals surface area contributed by atoms with Crippen molar-refractivity contribution in [2.24, 2.45) is 0 Å². The van der Waals surface area contributed by atoms with Crippen LogP contribution in [0.4, 0.5) is 10.1 Å². The predicted molar refractivity (Wildman–Crippen MR) is 71.4 cm³/mol. The van der Waals surface area contributed by atoms with E-state index in [0.717, 1.165) is 10.8 Å². The fourth-order valence-corrected chi connectivity index (χ4v) is 1.72. The fourth-order valence-electron chi connectivity index (χ4n) is 1.72. The number of rotatable bonds is 2. The van der Waals surface area contributed by atoms with Crippen LogP contribution >= 0.6 is 0 Å². The summed E-state index contributed by atoms with van der Waals surface area (Å²) in [4.78, 5) is 0. The number of halogens is 1. The molecule has 0 aromatic heterocycles. The molecule has 0 aliphatic rings. The van der Waals surface area contributed by atoms with Crippen LogP contribution in [0.25, 0.3) is 10.8 Å². The average Bonchev–Trinajstić information content (AvgIpc) is 2.47. The number of hydrogen-bond donors (Lipinski definition) is 1. The second-order valence-corrected chi connectivity index (χ2v) is 3.92. The van der Waals surface area contributed by atoms with Gasteiger partial charge in [-0.15, -0.1) is 0 Å². The summed E-state index contributed by atoms with van der Waals surface area (Å²) < 4.78 is 13.1. The number of nitrogens with one attached hydrogen (secondary N) is 1. The first kappa shape index (κ1) is 13.1. The zero-order valence-electron chi connectivity index (χ0n) is 10.2. The van der Waals surface area contributed by atoms with Gasteiger partial charge in [-0.2, -0.15) is 15.8 Å². The second-order valence-electron chi connectivity index (χ2n) is 3.92. The average molecular weight is 262 g/mol. The summed E-state index contributed by atoms with van der Waals surface area (Å²) in [5.41, 5.74) is 0.145. The Morgan fingerprint density at radius 1 is 0.900 bits per heavy atom. The highest BCUT2D eigenvalue weighted by Gasteiger charge is 2.06. The maximum absolute atomic E-state index is 13.1. The van der Waals surface area contributed by atoms with Crippen molar-refractivity contribution in [1.82, 2.24) is 0 Å². The summed E-state index contributed by atoms with van der Waals surface area (Å²) in [5.74, 6) is -0.327. The minimum absolute atomic E-state index is 0.114. The van der Waals surface area contributed by atoms with Gasteiger partial charge in [-0.25, -0.2) is 4.39 Å². The Balaban J connectivity index is 2.43. The lowest BCUT2D eigenvalue weighted by molar-refractivity contribution is 0.630. The summed E-state index contributed by atoms with van der Waals surface area (Å²) in [6.07, 6.45) is 0. The van der Waals surface area contributed by atoms with Crippen LogP contribution in [0, 0.1) is 39.8 Å². The lowest BCUT2D eigenvalue weighted by atomic mass is 10.1. The van der Waals surface area contributed by atoms with Gasteiger partial charge in [0, 0.05) is 5.69 Å². The van der Waals surface area contributed by atoms with E-state index in [9.17, 15) is 4.39 Å². The molecule has 4 nitrogen and oxygen atoms in total. The third-order valence-corrected chi connectivity index (χ3v) is 2.66. The monoisotopic (exact) mass is 262 g/mol. The van der Waals surface area contributed by atoms with Crippen LogP contribution in [0.1, 0.15) is 0 Å². The van der Waals surface area contributed by atoms with E-state index < -0.39 is 0 Å². The summed E-state index contributed by atoms with van der Waals surface area (Å²) in [6.45, 7) is 0. The molecule has 0 saturated carbocycles. The van der Waals surface area contributed by atoms with Gasteiger partial charge in [-0.05, 0) is 35.0 Å². The van der Waals surface area contributed by atoms with Crippen LogP contribution in [0.3, 0.4) is 0 Å². The summed E-state index contributed by atoms with van der Waals surface area (Å²) in [6, 6.07) is 14.5. The van der Waals surface area contributed by atoms with Crippen molar-refractivity contribution >= 4 is 16.5 Å². The Hall–Kier alpha value is -3.36. The maximum atomic E-state index is 13.1. The number of hydrogen-bond acceptors (Lipinski definition) is 4. The first-order valence-corrected chi connectivity index (χ1v) is 5.59. The lowest BCUT2D eigenvalue weighted by Crippen LogP contribution is -2.00. The number of nitrogens with zero attached hydrogens (tertiary/aromatic N) is 3. The highest BCUT2D eigenvalue weighted by molar-refractivity contribution is 5.86. The molecule has 2 aromatic carbocycles. The van der Waals surface area contributed by atoms with Crippen molar-refractivity contribution in [3.63, 3.8) is 0 Å². The van der Waals surface area contributed by atoms with Crippen LogP contribution < -0.4 is 5.32 Å². The van der Waals surface area contributed by atoms with Crippen LogP contribution in [-0.4, -0.2) is 0 Å². The third-order valence-electron chi connectivity index (χ3n) is 2.66. The maximum Gasteiger partial charge on any atom is 0.163 e. The SMILES string of the molecule is N#CC(C#N)=C(C#N)Nc1ccc2cc(F)ccc2c1. The molecule has 0 bridgehead atoms. The van der Waals surface area contributed by atoms with Gasteiger partial charge >= 0.3 is 0 Å². The molecular weight excluding hydrogens is 255 g/mol. The van der Waals surface area contributed by atoms with Gasteiger partial charge in [0.2, 0.25) is 0 Å². The highest BCUT2D eigenvalue weighted by Crippen LogP contribution is 2.21. The lowest BCUT2D eigenvalue weighted by Gasteiger charge is -2.06. The number of nitriles is 3. The molecule has 1 N–H and O–H groups in total. The smallest absolute Gasteiger partial charge is 0.163 e. The van der Waals surface area contributed by atoms with Crippen molar-refractivity contribution in [1.29, 1.82) is 15.8 Å². The van der Waals surface area contributed by atoms with Gasteiger partial charge in [0.15, 0.2) is 5.57 Å². The molecular formula is C15H7FN4. The standard InChI is InChI=1S/C15H7FN4/c16-13-3-1-11-6-14(4-2-10(11)5-13)20-15(9-19)12(7-17)8-18/h1-6,20H. The van der Waals surface area contributed by atoms with Gasteiger partial charge in [0.05, 0.1) is 0 Å². The zero-order valence-corrected chi connectivity index (χ0v) is 10.2. The van der Waals surface area contributed by atoms with Gasteiger partial charge in [0.1, 0.15) is 29.7 Å². The van der Waals surface area contributed by atoms with Crippen molar-refractivity contribution in [3.05, 3.63) is 53.5 Å². The van der Waals surface area contributed by atoms with E-state index in [4.69, 9.17) is 15.8 Å². The first-order chi connectivity index (χ1) is 9.67. The van der Waals surface area contributed by atoms with E-state index in [2.05, 4.69) is 5.32 Å². The van der Waals surface area contributed by atoms with Crippen molar-refractivity contribution in [2.45, 2.75) is 0 Å². The minimum Gasteiger partial charge on any atom is -0.345 e. The molecule has 0 atom stereocenters. The van der Waals surface area contributed by atoms with Crippen LogP contribution in [-0.2, 0) is 0 Å². The third kappa shape index (κ3) is 2.56. The molecule has 0 aliphatic heterocycles. The van der Waals surface area contributed by atoms with E-state index in [-0.39, 0.29) is 17.1 Å². The molecule has 0 aliphatic carbocycles. The fraction of sp³-hybridized carbons (Fsp3) is 0. The largest absolute Gasteiger partial charge is 0.345 e. The molecule has 20 heavy (non-hydrogen) atoms. The molecule has 0 saturated heterocycles. The molecule has 2 rings (SSSR count). The number of anilines is 1. The summed E-state index contributed by atoms with van der Waals surface area (Å²) >= 11 is 0. The Bertz CT molecular complexity index is 816.